The van der Waals surface area contributed by atoms with Gasteiger partial charge >= 0.3 is 0 Å². The summed E-state index contributed by atoms with van der Waals surface area (Å²) < 4.78 is 2.75. The van der Waals surface area contributed by atoms with Crippen LogP contribution < -0.4 is 0 Å². The molecule has 5 aromatic rings. The molecule has 0 radical (unpaired) electrons. The highest BCUT2D eigenvalue weighted by Gasteiger charge is 2.36. The Kier molecular flexibility index (Phi) is 2.65. The zero-order valence-corrected chi connectivity index (χ0v) is 15.7. The molecule has 0 saturated heterocycles. The van der Waals surface area contributed by atoms with E-state index >= 15 is 0 Å². The van der Waals surface area contributed by atoms with Gasteiger partial charge in [0.1, 0.15) is 0 Å². The fraction of sp³-hybridized carbons (Fsp3) is 0.120. The van der Waals surface area contributed by atoms with Crippen molar-refractivity contribution in [3.8, 4) is 11.1 Å². The SMILES string of the molecule is CC1(C)c2ccccc2-c2ccc3cc4sc5ccccc5c4cc3c21. The van der Waals surface area contributed by atoms with Crippen molar-refractivity contribution in [1.29, 1.82) is 0 Å². The molecular formula is C25H18S. The molecular weight excluding hydrogens is 332 g/mol. The molecule has 6 rings (SSSR count). The first-order chi connectivity index (χ1) is 12.6. The minimum atomic E-state index is 0.0327. The van der Waals surface area contributed by atoms with Gasteiger partial charge in [-0.2, -0.15) is 0 Å². The molecule has 0 fully saturated rings. The summed E-state index contributed by atoms with van der Waals surface area (Å²) in [4.78, 5) is 0. The monoisotopic (exact) mass is 350 g/mol. The molecule has 1 heteroatoms. The number of hydrogen-bond acceptors (Lipinski definition) is 1. The lowest BCUT2D eigenvalue weighted by atomic mass is 9.80. The van der Waals surface area contributed by atoms with Crippen LogP contribution in [0.3, 0.4) is 0 Å². The second kappa shape index (κ2) is 4.75. The Bertz CT molecular complexity index is 1350. The van der Waals surface area contributed by atoms with Gasteiger partial charge in [0, 0.05) is 25.6 Å². The fourth-order valence-corrected chi connectivity index (χ4v) is 5.97. The molecule has 1 heterocycles. The third-order valence-electron chi connectivity index (χ3n) is 6.03. The highest BCUT2D eigenvalue weighted by Crippen LogP contribution is 2.52. The minimum absolute atomic E-state index is 0.0327. The maximum Gasteiger partial charge on any atom is 0.0361 e. The molecule has 0 unspecified atom stereocenters. The Morgan fingerprint density at radius 1 is 0.654 bits per heavy atom. The Hall–Kier alpha value is -2.64. The second-order valence-corrected chi connectivity index (χ2v) is 8.91. The highest BCUT2D eigenvalue weighted by atomic mass is 32.1. The van der Waals surface area contributed by atoms with Crippen molar-refractivity contribution in [3.63, 3.8) is 0 Å². The molecule has 1 aromatic heterocycles. The molecule has 0 bridgehead atoms. The largest absolute Gasteiger partial charge is 0.135 e. The summed E-state index contributed by atoms with van der Waals surface area (Å²) in [6.07, 6.45) is 0. The van der Waals surface area contributed by atoms with Crippen LogP contribution in [0.5, 0.6) is 0 Å². The van der Waals surface area contributed by atoms with E-state index < -0.39 is 0 Å². The van der Waals surface area contributed by atoms with Crippen molar-refractivity contribution >= 4 is 42.3 Å². The van der Waals surface area contributed by atoms with Crippen LogP contribution in [0.15, 0.2) is 72.8 Å². The molecule has 0 N–H and O–H groups in total. The Labute approximate surface area is 156 Å². The lowest BCUT2D eigenvalue weighted by Crippen LogP contribution is -2.15. The summed E-state index contributed by atoms with van der Waals surface area (Å²) in [7, 11) is 0. The summed E-state index contributed by atoms with van der Waals surface area (Å²) in [5, 5.41) is 5.52. The summed E-state index contributed by atoms with van der Waals surface area (Å²) in [6, 6.07) is 27.1. The van der Waals surface area contributed by atoms with E-state index in [1.807, 2.05) is 11.3 Å². The van der Waals surface area contributed by atoms with E-state index in [0.29, 0.717) is 0 Å². The maximum atomic E-state index is 2.44. The van der Waals surface area contributed by atoms with Gasteiger partial charge < -0.3 is 0 Å². The zero-order chi connectivity index (χ0) is 17.5. The molecule has 0 spiro atoms. The Morgan fingerprint density at radius 3 is 2.38 bits per heavy atom. The van der Waals surface area contributed by atoms with Gasteiger partial charge in [0.05, 0.1) is 0 Å². The Balaban J connectivity index is 1.80. The molecule has 124 valence electrons. The summed E-state index contributed by atoms with van der Waals surface area (Å²) in [5.41, 5.74) is 5.75. The molecule has 26 heavy (non-hydrogen) atoms. The van der Waals surface area contributed by atoms with Gasteiger partial charge in [-0.1, -0.05) is 68.4 Å². The molecule has 4 aromatic carbocycles. The highest BCUT2D eigenvalue weighted by molar-refractivity contribution is 7.25. The van der Waals surface area contributed by atoms with Crippen LogP contribution in [0.4, 0.5) is 0 Å². The van der Waals surface area contributed by atoms with Crippen molar-refractivity contribution in [3.05, 3.63) is 83.9 Å². The quantitative estimate of drug-likeness (QED) is 0.271. The standard InChI is InChI=1S/C25H18S/c1-25(2)21-9-5-3-7-16(21)18-12-11-15-13-23-20(14-19(15)24(18)25)17-8-4-6-10-22(17)26-23/h3-14H,1-2H3. The smallest absolute Gasteiger partial charge is 0.0361 e. The molecule has 0 saturated carbocycles. The van der Waals surface area contributed by atoms with E-state index in [9.17, 15) is 0 Å². The predicted octanol–water partition coefficient (Wildman–Crippen LogP) is 7.51. The van der Waals surface area contributed by atoms with Crippen LogP contribution in [0.25, 0.3) is 42.1 Å². The summed E-state index contributed by atoms with van der Waals surface area (Å²) in [5.74, 6) is 0. The third kappa shape index (κ3) is 1.69. The third-order valence-corrected chi connectivity index (χ3v) is 7.17. The van der Waals surface area contributed by atoms with Crippen LogP contribution in [-0.2, 0) is 5.41 Å². The zero-order valence-electron chi connectivity index (χ0n) is 14.8. The molecule has 1 aliphatic rings. The van der Waals surface area contributed by atoms with Gasteiger partial charge in [-0.05, 0) is 51.2 Å². The summed E-state index contributed by atoms with van der Waals surface area (Å²) >= 11 is 1.90. The van der Waals surface area contributed by atoms with E-state index in [-0.39, 0.29) is 5.41 Å². The van der Waals surface area contributed by atoms with Gasteiger partial charge in [-0.15, -0.1) is 11.3 Å². The van der Waals surface area contributed by atoms with Gasteiger partial charge in [-0.25, -0.2) is 0 Å². The van der Waals surface area contributed by atoms with Crippen molar-refractivity contribution < 1.29 is 0 Å². The van der Waals surface area contributed by atoms with E-state index in [4.69, 9.17) is 0 Å². The number of hydrogen-bond donors (Lipinski definition) is 0. The van der Waals surface area contributed by atoms with E-state index in [1.165, 1.54) is 53.2 Å². The lowest BCUT2D eigenvalue weighted by molar-refractivity contribution is 0.666. The number of thiophene rings is 1. The van der Waals surface area contributed by atoms with Gasteiger partial charge in [0.2, 0.25) is 0 Å². The van der Waals surface area contributed by atoms with Crippen molar-refractivity contribution in [2.24, 2.45) is 0 Å². The van der Waals surface area contributed by atoms with E-state index in [1.54, 1.807) is 0 Å². The van der Waals surface area contributed by atoms with Crippen molar-refractivity contribution in [2.45, 2.75) is 19.3 Å². The van der Waals surface area contributed by atoms with Crippen molar-refractivity contribution in [1.82, 2.24) is 0 Å². The molecule has 1 aliphatic carbocycles. The average Bonchev–Trinajstić information content (AvgIpc) is 3.13. The topological polar surface area (TPSA) is 0 Å². The van der Waals surface area contributed by atoms with Gasteiger partial charge in [-0.3, -0.25) is 0 Å². The maximum absolute atomic E-state index is 2.44. The first-order valence-corrected chi connectivity index (χ1v) is 9.94. The number of rotatable bonds is 0. The molecule has 0 atom stereocenters. The van der Waals surface area contributed by atoms with E-state index in [0.717, 1.165) is 0 Å². The average molecular weight is 350 g/mol. The Morgan fingerprint density at radius 2 is 1.46 bits per heavy atom. The number of benzene rings is 4. The summed E-state index contributed by atoms with van der Waals surface area (Å²) in [6.45, 7) is 4.74. The van der Waals surface area contributed by atoms with E-state index in [2.05, 4.69) is 86.6 Å². The van der Waals surface area contributed by atoms with Crippen LogP contribution >= 0.6 is 11.3 Å². The predicted molar refractivity (Wildman–Crippen MR) is 114 cm³/mol. The van der Waals surface area contributed by atoms with Crippen LogP contribution in [0.2, 0.25) is 0 Å². The normalized spacial score (nSPS) is 14.8. The minimum Gasteiger partial charge on any atom is -0.135 e. The van der Waals surface area contributed by atoms with Crippen LogP contribution in [0.1, 0.15) is 25.0 Å². The fourth-order valence-electron chi connectivity index (χ4n) is 4.84. The first-order valence-electron chi connectivity index (χ1n) is 9.13. The van der Waals surface area contributed by atoms with Crippen LogP contribution in [-0.4, -0.2) is 0 Å². The second-order valence-electron chi connectivity index (χ2n) is 7.83. The first kappa shape index (κ1) is 14.5. The lowest BCUT2D eigenvalue weighted by Gasteiger charge is -2.23. The molecule has 0 nitrogen and oxygen atoms in total. The van der Waals surface area contributed by atoms with Gasteiger partial charge in [0.25, 0.3) is 0 Å². The molecule has 0 amide bonds. The van der Waals surface area contributed by atoms with Crippen LogP contribution in [0, 0.1) is 0 Å². The number of fused-ring (bicyclic) bond motifs is 8. The van der Waals surface area contributed by atoms with Crippen molar-refractivity contribution in [2.75, 3.05) is 0 Å². The van der Waals surface area contributed by atoms with Gasteiger partial charge in [0.15, 0.2) is 0 Å². The molecule has 0 aliphatic heterocycles.